The fraction of sp³-hybridized carbons (Fsp3) is 0.0385. The summed E-state index contributed by atoms with van der Waals surface area (Å²) in [6, 6.07) is 24.2. The number of nitrogens with zero attached hydrogens (tertiary/aromatic N) is 1. The molecule has 0 bridgehead atoms. The van der Waals surface area contributed by atoms with E-state index in [1.165, 1.54) is 0 Å². The topological polar surface area (TPSA) is 76.4 Å². The Morgan fingerprint density at radius 2 is 1.79 bits per heavy atom. The van der Waals surface area contributed by atoms with Crippen molar-refractivity contribution < 1.29 is 13.9 Å². The van der Waals surface area contributed by atoms with Crippen LogP contribution in [0.4, 0.5) is 5.69 Å². The van der Waals surface area contributed by atoms with Crippen molar-refractivity contribution in [1.82, 2.24) is 10.3 Å². The number of anilines is 1. The maximum atomic E-state index is 12.9. The highest BCUT2D eigenvalue weighted by Crippen LogP contribution is 2.29. The summed E-state index contributed by atoms with van der Waals surface area (Å²) in [6.45, 7) is 0. The molecule has 2 N–H and O–H groups in total. The third-order valence-corrected chi connectivity index (χ3v) is 6.20. The minimum absolute atomic E-state index is 0.191. The molecule has 0 aliphatic carbocycles. The maximum absolute atomic E-state index is 12.9. The first-order valence-electron chi connectivity index (χ1n) is 10.4. The predicted molar refractivity (Wildman–Crippen MR) is 141 cm³/mol. The van der Waals surface area contributed by atoms with Gasteiger partial charge in [0.15, 0.2) is 10.7 Å². The van der Waals surface area contributed by atoms with Gasteiger partial charge < -0.3 is 14.5 Å². The smallest absolute Gasteiger partial charge is 0.258 e. The SMILES string of the molecule is COc1ccc2oc(-c3cccc(NC(=S)NC(=O)c4cccc5c(Br)cccc45)c3)nc2c1. The van der Waals surface area contributed by atoms with Crippen LogP contribution >= 0.6 is 28.1 Å². The first-order chi connectivity index (χ1) is 16.5. The second-order valence-corrected chi connectivity index (χ2v) is 8.74. The van der Waals surface area contributed by atoms with Crippen molar-refractivity contribution in [1.29, 1.82) is 0 Å². The van der Waals surface area contributed by atoms with Crippen molar-refractivity contribution in [3.8, 4) is 17.2 Å². The number of carbonyl (C=O) groups excluding carboxylic acids is 1. The number of amides is 1. The molecule has 168 valence electrons. The van der Waals surface area contributed by atoms with Gasteiger partial charge >= 0.3 is 0 Å². The Balaban J connectivity index is 1.34. The molecule has 4 aromatic carbocycles. The number of hydrogen-bond acceptors (Lipinski definition) is 5. The summed E-state index contributed by atoms with van der Waals surface area (Å²) in [5.41, 5.74) is 3.38. The molecule has 1 amide bonds. The molecule has 5 rings (SSSR count). The predicted octanol–water partition coefficient (Wildman–Crippen LogP) is 6.55. The van der Waals surface area contributed by atoms with Crippen LogP contribution in [0.1, 0.15) is 10.4 Å². The summed E-state index contributed by atoms with van der Waals surface area (Å²) in [5.74, 6) is 0.899. The quantitative estimate of drug-likeness (QED) is 0.256. The van der Waals surface area contributed by atoms with Crippen molar-refractivity contribution in [3.63, 3.8) is 0 Å². The summed E-state index contributed by atoms with van der Waals surface area (Å²) >= 11 is 8.93. The molecule has 0 saturated carbocycles. The Morgan fingerprint density at radius 1 is 1.00 bits per heavy atom. The van der Waals surface area contributed by atoms with Crippen molar-refractivity contribution in [2.24, 2.45) is 0 Å². The number of carbonyl (C=O) groups is 1. The van der Waals surface area contributed by atoms with E-state index in [9.17, 15) is 4.79 Å². The number of halogens is 1. The van der Waals surface area contributed by atoms with Crippen molar-refractivity contribution in [3.05, 3.63) is 88.9 Å². The standard InChI is InChI=1S/C26H18BrN3O3S/c1-32-17-11-12-23-22(14-17)29-25(33-23)15-5-2-6-16(13-15)28-26(34)30-24(31)20-9-3-8-19-18(20)7-4-10-21(19)27/h2-14H,1H3,(H2,28,30,31,34). The summed E-state index contributed by atoms with van der Waals surface area (Å²) in [6.07, 6.45) is 0. The molecule has 0 atom stereocenters. The number of methoxy groups -OCH3 is 1. The lowest BCUT2D eigenvalue weighted by molar-refractivity contribution is 0.0979. The normalized spacial score (nSPS) is 10.9. The van der Waals surface area contributed by atoms with Crippen LogP contribution in [0.5, 0.6) is 5.75 Å². The molecule has 5 aromatic rings. The monoisotopic (exact) mass is 531 g/mol. The minimum Gasteiger partial charge on any atom is -0.497 e. The van der Waals surface area contributed by atoms with E-state index in [0.717, 1.165) is 20.8 Å². The molecular weight excluding hydrogens is 514 g/mol. The van der Waals surface area contributed by atoms with E-state index >= 15 is 0 Å². The zero-order valence-electron chi connectivity index (χ0n) is 18.0. The number of benzene rings is 4. The van der Waals surface area contributed by atoms with Gasteiger partial charge in [0, 0.05) is 27.4 Å². The van der Waals surface area contributed by atoms with E-state index in [2.05, 4.69) is 31.5 Å². The molecule has 0 aliphatic rings. The average Bonchev–Trinajstić information content (AvgIpc) is 3.27. The lowest BCUT2D eigenvalue weighted by Gasteiger charge is -2.12. The number of oxazole rings is 1. The van der Waals surface area contributed by atoms with E-state index in [0.29, 0.717) is 34.0 Å². The molecule has 0 aliphatic heterocycles. The van der Waals surface area contributed by atoms with E-state index in [-0.39, 0.29) is 11.0 Å². The molecule has 6 nitrogen and oxygen atoms in total. The Hall–Kier alpha value is -3.75. The summed E-state index contributed by atoms with van der Waals surface area (Å²) in [5, 5.41) is 7.81. The van der Waals surface area contributed by atoms with Crippen LogP contribution in [0.2, 0.25) is 0 Å². The van der Waals surface area contributed by atoms with Crippen LogP contribution in [-0.2, 0) is 0 Å². The highest BCUT2D eigenvalue weighted by molar-refractivity contribution is 9.10. The second kappa shape index (κ2) is 9.24. The zero-order valence-corrected chi connectivity index (χ0v) is 20.4. The number of thiocarbonyl (C=S) groups is 1. The number of rotatable bonds is 4. The van der Waals surface area contributed by atoms with E-state index in [1.807, 2.05) is 72.8 Å². The van der Waals surface area contributed by atoms with Gasteiger partial charge in [-0.15, -0.1) is 0 Å². The van der Waals surface area contributed by atoms with Crippen LogP contribution in [0.3, 0.4) is 0 Å². The molecule has 0 radical (unpaired) electrons. The van der Waals surface area contributed by atoms with Gasteiger partial charge in [0.25, 0.3) is 5.91 Å². The van der Waals surface area contributed by atoms with Crippen molar-refractivity contribution in [2.75, 3.05) is 12.4 Å². The van der Waals surface area contributed by atoms with E-state index < -0.39 is 0 Å². The Kier molecular flexibility index (Phi) is 6.00. The molecule has 1 heterocycles. The molecule has 34 heavy (non-hydrogen) atoms. The van der Waals surface area contributed by atoms with Crippen LogP contribution in [0.25, 0.3) is 33.3 Å². The van der Waals surface area contributed by atoms with Gasteiger partial charge in [0.2, 0.25) is 5.89 Å². The number of ether oxygens (including phenoxy) is 1. The lowest BCUT2D eigenvalue weighted by Crippen LogP contribution is -2.34. The van der Waals surface area contributed by atoms with Gasteiger partial charge in [0.05, 0.1) is 7.11 Å². The Labute approximate surface area is 209 Å². The van der Waals surface area contributed by atoms with Gasteiger partial charge in [-0.25, -0.2) is 4.98 Å². The van der Waals surface area contributed by atoms with Crippen LogP contribution in [0.15, 0.2) is 87.8 Å². The number of hydrogen-bond donors (Lipinski definition) is 2. The largest absolute Gasteiger partial charge is 0.497 e. The van der Waals surface area contributed by atoms with Crippen LogP contribution in [0, 0.1) is 0 Å². The van der Waals surface area contributed by atoms with Crippen molar-refractivity contribution in [2.45, 2.75) is 0 Å². The molecule has 0 fully saturated rings. The molecular formula is C26H18BrN3O3S. The third-order valence-electron chi connectivity index (χ3n) is 5.30. The van der Waals surface area contributed by atoms with E-state index in [1.54, 1.807) is 13.2 Å². The summed E-state index contributed by atoms with van der Waals surface area (Å²) in [7, 11) is 1.61. The first kappa shape index (κ1) is 22.1. The number of nitrogens with one attached hydrogen (secondary N) is 2. The fourth-order valence-electron chi connectivity index (χ4n) is 3.69. The minimum atomic E-state index is -0.287. The van der Waals surface area contributed by atoms with Gasteiger partial charge in [-0.2, -0.15) is 0 Å². The number of fused-ring (bicyclic) bond motifs is 2. The highest BCUT2D eigenvalue weighted by Gasteiger charge is 2.14. The lowest BCUT2D eigenvalue weighted by atomic mass is 10.0. The molecule has 8 heteroatoms. The molecule has 0 spiro atoms. The van der Waals surface area contributed by atoms with Gasteiger partial charge in [-0.05, 0) is 65.5 Å². The molecule has 1 aromatic heterocycles. The van der Waals surface area contributed by atoms with Gasteiger partial charge in [-0.1, -0.05) is 46.3 Å². The maximum Gasteiger partial charge on any atom is 0.258 e. The van der Waals surface area contributed by atoms with Crippen LogP contribution in [-0.4, -0.2) is 23.1 Å². The average molecular weight is 532 g/mol. The number of aromatic nitrogens is 1. The van der Waals surface area contributed by atoms with Crippen molar-refractivity contribution >= 4 is 66.7 Å². The zero-order chi connectivity index (χ0) is 23.7. The molecule has 0 saturated heterocycles. The van der Waals surface area contributed by atoms with Gasteiger partial charge in [-0.3, -0.25) is 10.1 Å². The fourth-order valence-corrected chi connectivity index (χ4v) is 4.40. The summed E-state index contributed by atoms with van der Waals surface area (Å²) in [4.78, 5) is 17.5. The van der Waals surface area contributed by atoms with Gasteiger partial charge in [0.1, 0.15) is 11.3 Å². The highest BCUT2D eigenvalue weighted by atomic mass is 79.9. The first-order valence-corrected chi connectivity index (χ1v) is 11.6. The Bertz CT molecular complexity index is 1560. The Morgan fingerprint density at radius 3 is 2.65 bits per heavy atom. The van der Waals surface area contributed by atoms with E-state index in [4.69, 9.17) is 21.4 Å². The van der Waals surface area contributed by atoms with Crippen LogP contribution < -0.4 is 15.4 Å². The summed E-state index contributed by atoms with van der Waals surface area (Å²) < 4.78 is 12.1. The third kappa shape index (κ3) is 4.37. The second-order valence-electron chi connectivity index (χ2n) is 7.48. The molecule has 0 unspecified atom stereocenters.